The molecule has 3 aromatic carbocycles. The van der Waals surface area contributed by atoms with Gasteiger partial charge in [-0.05, 0) is 40.5 Å². The Kier molecular flexibility index (Phi) is 2.28. The fourth-order valence-electron chi connectivity index (χ4n) is 4.35. The quantitative estimate of drug-likeness (QED) is 0.396. The minimum atomic E-state index is 0.0660. The summed E-state index contributed by atoms with van der Waals surface area (Å²) >= 11 is 0. The minimum Gasteiger partial charge on any atom is -0.344 e. The molecule has 0 atom stereocenters. The minimum absolute atomic E-state index is 0.0660. The Labute approximate surface area is 136 Å². The van der Waals surface area contributed by atoms with Crippen molar-refractivity contribution >= 4 is 21.8 Å². The number of fused-ring (bicyclic) bond motifs is 6. The zero-order chi connectivity index (χ0) is 15.8. The second-order valence-corrected chi connectivity index (χ2v) is 7.16. The summed E-state index contributed by atoms with van der Waals surface area (Å²) in [5.41, 5.74) is 8.36. The van der Waals surface area contributed by atoms with E-state index in [0.717, 1.165) is 0 Å². The first-order valence-electron chi connectivity index (χ1n) is 8.20. The van der Waals surface area contributed by atoms with Crippen molar-refractivity contribution in [3.8, 4) is 11.1 Å². The van der Waals surface area contributed by atoms with Gasteiger partial charge in [0.1, 0.15) is 0 Å². The third-order valence-electron chi connectivity index (χ3n) is 5.62. The first-order chi connectivity index (χ1) is 11.1. The summed E-state index contributed by atoms with van der Waals surface area (Å²) in [6.45, 7) is 4.68. The van der Waals surface area contributed by atoms with Crippen LogP contribution >= 0.6 is 0 Å². The van der Waals surface area contributed by atoms with Crippen molar-refractivity contribution in [3.05, 3.63) is 71.8 Å². The molecule has 1 aromatic heterocycles. The molecule has 0 spiro atoms. The maximum absolute atomic E-state index is 2.41. The van der Waals surface area contributed by atoms with E-state index < -0.39 is 0 Å². The van der Waals surface area contributed by atoms with E-state index in [1.807, 2.05) is 0 Å². The molecule has 112 valence electrons. The number of para-hydroxylation sites is 1. The van der Waals surface area contributed by atoms with E-state index in [-0.39, 0.29) is 5.41 Å². The highest BCUT2D eigenvalue weighted by atomic mass is 14.9. The molecular formula is C22H19N. The molecule has 0 fully saturated rings. The molecule has 1 heteroatoms. The number of nitrogens with zero attached hydrogens (tertiary/aromatic N) is 1. The van der Waals surface area contributed by atoms with Crippen LogP contribution in [0.1, 0.15) is 25.0 Å². The Morgan fingerprint density at radius 1 is 0.696 bits per heavy atom. The highest BCUT2D eigenvalue weighted by molar-refractivity contribution is 6.10. The molecule has 1 aliphatic rings. The van der Waals surface area contributed by atoms with Gasteiger partial charge in [0.15, 0.2) is 0 Å². The average Bonchev–Trinajstić information content (AvgIpc) is 2.98. The first-order valence-corrected chi connectivity index (χ1v) is 8.20. The van der Waals surface area contributed by atoms with E-state index >= 15 is 0 Å². The van der Waals surface area contributed by atoms with Crippen molar-refractivity contribution in [2.45, 2.75) is 19.3 Å². The van der Waals surface area contributed by atoms with Gasteiger partial charge in [-0.25, -0.2) is 0 Å². The largest absolute Gasteiger partial charge is 0.344 e. The van der Waals surface area contributed by atoms with Crippen molar-refractivity contribution in [1.29, 1.82) is 0 Å². The zero-order valence-electron chi connectivity index (χ0n) is 13.7. The van der Waals surface area contributed by atoms with Gasteiger partial charge in [0.25, 0.3) is 0 Å². The van der Waals surface area contributed by atoms with Gasteiger partial charge >= 0.3 is 0 Å². The Bertz CT molecular complexity index is 1100. The van der Waals surface area contributed by atoms with Gasteiger partial charge in [0.2, 0.25) is 0 Å². The number of hydrogen-bond acceptors (Lipinski definition) is 0. The predicted molar refractivity (Wildman–Crippen MR) is 98.0 cm³/mol. The van der Waals surface area contributed by atoms with Crippen LogP contribution in [-0.2, 0) is 12.5 Å². The van der Waals surface area contributed by atoms with E-state index in [2.05, 4.69) is 86.1 Å². The zero-order valence-corrected chi connectivity index (χ0v) is 13.7. The summed E-state index contributed by atoms with van der Waals surface area (Å²) in [6, 6.07) is 22.3. The molecule has 0 aliphatic heterocycles. The van der Waals surface area contributed by atoms with Crippen LogP contribution < -0.4 is 0 Å². The number of rotatable bonds is 0. The van der Waals surface area contributed by atoms with Crippen molar-refractivity contribution in [2.24, 2.45) is 7.05 Å². The number of aryl methyl sites for hydroxylation is 1. The van der Waals surface area contributed by atoms with Gasteiger partial charge in [0.05, 0.1) is 0 Å². The second-order valence-electron chi connectivity index (χ2n) is 7.16. The maximum atomic E-state index is 2.41. The lowest BCUT2D eigenvalue weighted by Crippen LogP contribution is -2.14. The van der Waals surface area contributed by atoms with E-state index in [1.54, 1.807) is 0 Å². The van der Waals surface area contributed by atoms with E-state index in [0.29, 0.717) is 0 Å². The molecule has 1 aliphatic carbocycles. The Balaban J connectivity index is 1.98. The summed E-state index contributed by atoms with van der Waals surface area (Å²) in [4.78, 5) is 0. The molecular weight excluding hydrogens is 278 g/mol. The lowest BCUT2D eigenvalue weighted by Gasteiger charge is -2.21. The van der Waals surface area contributed by atoms with Crippen LogP contribution in [0.15, 0.2) is 60.7 Å². The van der Waals surface area contributed by atoms with Gasteiger partial charge in [-0.2, -0.15) is 0 Å². The molecule has 5 rings (SSSR count). The van der Waals surface area contributed by atoms with Crippen molar-refractivity contribution < 1.29 is 0 Å². The highest BCUT2D eigenvalue weighted by Gasteiger charge is 2.35. The Morgan fingerprint density at radius 3 is 2.30 bits per heavy atom. The van der Waals surface area contributed by atoms with Crippen molar-refractivity contribution in [3.63, 3.8) is 0 Å². The molecule has 0 saturated carbocycles. The topological polar surface area (TPSA) is 4.93 Å². The maximum Gasteiger partial charge on any atom is 0.0492 e. The van der Waals surface area contributed by atoms with Crippen LogP contribution in [-0.4, -0.2) is 4.57 Å². The molecule has 0 amide bonds. The average molecular weight is 297 g/mol. The predicted octanol–water partition coefficient (Wildman–Crippen LogP) is 5.64. The van der Waals surface area contributed by atoms with Gasteiger partial charge in [0, 0.05) is 34.3 Å². The van der Waals surface area contributed by atoms with Crippen molar-refractivity contribution in [2.75, 3.05) is 0 Å². The molecule has 0 N–H and O–H groups in total. The van der Waals surface area contributed by atoms with E-state index in [1.165, 1.54) is 44.1 Å². The lowest BCUT2D eigenvalue weighted by atomic mass is 9.82. The van der Waals surface area contributed by atoms with Gasteiger partial charge < -0.3 is 4.57 Å². The highest BCUT2D eigenvalue weighted by Crippen LogP contribution is 2.50. The van der Waals surface area contributed by atoms with Crippen LogP contribution in [0.2, 0.25) is 0 Å². The Hall–Kier alpha value is -2.54. The molecule has 1 nitrogen and oxygen atoms in total. The summed E-state index contributed by atoms with van der Waals surface area (Å²) in [6.07, 6.45) is 0. The first kappa shape index (κ1) is 13.0. The Morgan fingerprint density at radius 2 is 1.43 bits per heavy atom. The molecule has 0 bridgehead atoms. The molecule has 0 saturated heterocycles. The van der Waals surface area contributed by atoms with Crippen LogP contribution in [0.4, 0.5) is 0 Å². The second kappa shape index (κ2) is 4.05. The molecule has 4 aromatic rings. The third-order valence-corrected chi connectivity index (χ3v) is 5.62. The molecule has 23 heavy (non-hydrogen) atoms. The number of aromatic nitrogens is 1. The van der Waals surface area contributed by atoms with Crippen LogP contribution in [0.3, 0.4) is 0 Å². The fraction of sp³-hybridized carbons (Fsp3) is 0.182. The van der Waals surface area contributed by atoms with Crippen LogP contribution in [0.25, 0.3) is 32.9 Å². The monoisotopic (exact) mass is 297 g/mol. The van der Waals surface area contributed by atoms with Gasteiger partial charge in [-0.15, -0.1) is 0 Å². The lowest BCUT2D eigenvalue weighted by molar-refractivity contribution is 0.661. The van der Waals surface area contributed by atoms with Crippen LogP contribution in [0.5, 0.6) is 0 Å². The molecule has 0 unspecified atom stereocenters. The normalized spacial score (nSPS) is 15.1. The number of hydrogen-bond donors (Lipinski definition) is 0. The smallest absolute Gasteiger partial charge is 0.0492 e. The molecule has 0 radical (unpaired) electrons. The summed E-state index contributed by atoms with van der Waals surface area (Å²) < 4.78 is 2.32. The van der Waals surface area contributed by atoms with Crippen molar-refractivity contribution in [1.82, 2.24) is 4.57 Å². The van der Waals surface area contributed by atoms with Gasteiger partial charge in [-0.1, -0.05) is 56.3 Å². The summed E-state index contributed by atoms with van der Waals surface area (Å²) in [5, 5.41) is 2.70. The third kappa shape index (κ3) is 1.47. The van der Waals surface area contributed by atoms with Crippen LogP contribution in [0, 0.1) is 0 Å². The van der Waals surface area contributed by atoms with E-state index in [4.69, 9.17) is 0 Å². The fourth-order valence-corrected chi connectivity index (χ4v) is 4.35. The number of benzene rings is 3. The molecule has 1 heterocycles. The summed E-state index contributed by atoms with van der Waals surface area (Å²) in [7, 11) is 2.17. The van der Waals surface area contributed by atoms with Gasteiger partial charge in [-0.3, -0.25) is 0 Å². The summed E-state index contributed by atoms with van der Waals surface area (Å²) in [5.74, 6) is 0. The van der Waals surface area contributed by atoms with E-state index in [9.17, 15) is 0 Å². The SMILES string of the molecule is Cn1c2ccccc2c2cc3c(cc21)C(C)(C)c1ccccc1-3. The standard InChI is InChI=1S/C22H19N/c1-22(2)18-10-6-4-8-14(18)16-12-17-15-9-5-7-11-20(15)23(3)21(17)13-19(16)22/h4-13H,1-3H3.